The lowest BCUT2D eigenvalue weighted by Gasteiger charge is -2.44. The molecule has 0 unspecified atom stereocenters. The Morgan fingerprint density at radius 3 is 2.36 bits per heavy atom. The van der Waals surface area contributed by atoms with Crippen molar-refractivity contribution in [3.05, 3.63) is 63.9 Å². The number of fused-ring (bicyclic) bond motifs is 1. The number of carbonyl (C=O) groups excluding carboxylic acids is 3. The maximum absolute atomic E-state index is 13.6. The van der Waals surface area contributed by atoms with E-state index in [0.29, 0.717) is 16.9 Å². The van der Waals surface area contributed by atoms with Crippen LogP contribution in [0.25, 0.3) is 0 Å². The van der Waals surface area contributed by atoms with Crippen molar-refractivity contribution >= 4 is 29.3 Å². The molecule has 1 aliphatic rings. The molecule has 0 fully saturated rings. The lowest BCUT2D eigenvalue weighted by atomic mass is 9.85. The van der Waals surface area contributed by atoms with Crippen LogP contribution in [0, 0.1) is 5.82 Å². The molecule has 1 heterocycles. The van der Waals surface area contributed by atoms with Gasteiger partial charge in [0.05, 0.1) is 11.1 Å². The van der Waals surface area contributed by atoms with E-state index in [1.165, 1.54) is 32.9 Å². The van der Waals surface area contributed by atoms with Crippen molar-refractivity contribution in [3.8, 4) is 5.75 Å². The second-order valence-corrected chi connectivity index (χ2v) is 9.55. The van der Waals surface area contributed by atoms with Gasteiger partial charge in [0.2, 0.25) is 0 Å². The minimum Gasteiger partial charge on any atom is -0.484 e. The summed E-state index contributed by atoms with van der Waals surface area (Å²) in [6.45, 7) is 7.84. The third-order valence-electron chi connectivity index (χ3n) is 5.34. The predicted octanol–water partition coefficient (Wildman–Crippen LogP) is 3.97. The van der Waals surface area contributed by atoms with Crippen LogP contribution in [-0.2, 0) is 9.53 Å². The molecule has 2 aromatic rings. The first-order chi connectivity index (χ1) is 15.2. The average Bonchev–Trinajstić information content (AvgIpc) is 2.70. The summed E-state index contributed by atoms with van der Waals surface area (Å²) in [5.41, 5.74) is 4.51. The molecule has 0 saturated heterocycles. The second-order valence-electron chi connectivity index (χ2n) is 9.14. The maximum Gasteiger partial charge on any atom is 0.326 e. The first kappa shape index (κ1) is 24.7. The topological polar surface area (TPSA) is 108 Å². The Morgan fingerprint density at radius 1 is 1.15 bits per heavy atom. The quantitative estimate of drug-likeness (QED) is 0.499. The van der Waals surface area contributed by atoms with E-state index in [0.717, 1.165) is 6.07 Å². The maximum atomic E-state index is 13.6. The van der Waals surface area contributed by atoms with Gasteiger partial charge in [-0.25, -0.2) is 4.39 Å². The van der Waals surface area contributed by atoms with Gasteiger partial charge in [0.1, 0.15) is 22.7 Å². The van der Waals surface area contributed by atoms with E-state index in [1.54, 1.807) is 32.0 Å². The number of nitrogens with two attached hydrogens (primary N) is 1. The van der Waals surface area contributed by atoms with E-state index in [9.17, 15) is 18.8 Å². The number of rotatable bonds is 5. The Bertz CT molecular complexity index is 1130. The summed E-state index contributed by atoms with van der Waals surface area (Å²) in [6, 6.07) is 7.51. The van der Waals surface area contributed by atoms with Crippen LogP contribution in [0.4, 0.5) is 4.39 Å². The van der Waals surface area contributed by atoms with Crippen molar-refractivity contribution in [3.63, 3.8) is 0 Å². The van der Waals surface area contributed by atoms with Gasteiger partial charge < -0.3 is 20.5 Å². The van der Waals surface area contributed by atoms with Gasteiger partial charge in [0, 0.05) is 16.7 Å². The van der Waals surface area contributed by atoms with E-state index in [4.69, 9.17) is 26.8 Å². The minimum absolute atomic E-state index is 0.110. The Labute approximate surface area is 196 Å². The first-order valence-electron chi connectivity index (χ1n) is 10.3. The number of hydrogen-bond donors (Lipinski definition) is 2. The Morgan fingerprint density at radius 2 is 1.79 bits per heavy atom. The van der Waals surface area contributed by atoms with Gasteiger partial charge in [0.25, 0.3) is 5.91 Å². The molecule has 1 amide bonds. The highest BCUT2D eigenvalue weighted by atomic mass is 35.5. The summed E-state index contributed by atoms with van der Waals surface area (Å²) in [5.74, 6) is -1.69. The van der Waals surface area contributed by atoms with Crippen molar-refractivity contribution in [1.29, 1.82) is 0 Å². The molecule has 33 heavy (non-hydrogen) atoms. The fourth-order valence-corrected chi connectivity index (χ4v) is 3.68. The zero-order valence-corrected chi connectivity index (χ0v) is 19.7. The fourth-order valence-electron chi connectivity index (χ4n) is 3.50. The van der Waals surface area contributed by atoms with Crippen LogP contribution in [0.15, 0.2) is 36.4 Å². The number of nitrogens with one attached hydrogen (secondary N) is 1. The van der Waals surface area contributed by atoms with Crippen LogP contribution in [0.1, 0.15) is 66.9 Å². The summed E-state index contributed by atoms with van der Waals surface area (Å²) < 4.78 is 25.4. The lowest BCUT2D eigenvalue weighted by Crippen LogP contribution is -2.57. The van der Waals surface area contributed by atoms with Gasteiger partial charge >= 0.3 is 5.97 Å². The number of halogens is 2. The minimum atomic E-state index is -1.30. The van der Waals surface area contributed by atoms with Crippen molar-refractivity contribution in [2.75, 3.05) is 0 Å². The molecule has 3 N–H and O–H groups in total. The second kappa shape index (κ2) is 8.76. The number of esters is 1. The largest absolute Gasteiger partial charge is 0.484 e. The van der Waals surface area contributed by atoms with E-state index in [-0.39, 0.29) is 16.4 Å². The number of ether oxygens (including phenoxy) is 2. The molecule has 1 aliphatic heterocycles. The van der Waals surface area contributed by atoms with Crippen LogP contribution in [0.2, 0.25) is 5.02 Å². The zero-order chi connectivity index (χ0) is 24.7. The van der Waals surface area contributed by atoms with Gasteiger partial charge in [-0.1, -0.05) is 11.6 Å². The van der Waals surface area contributed by atoms with Crippen LogP contribution in [0.5, 0.6) is 5.75 Å². The summed E-state index contributed by atoms with van der Waals surface area (Å²) in [4.78, 5) is 37.7. The number of Topliss-reactive ketones (excluding diaryl/α,β-unsaturated/α-hetero) is 1. The molecule has 0 saturated carbocycles. The molecule has 3 rings (SSSR count). The smallest absolute Gasteiger partial charge is 0.326 e. The highest BCUT2D eigenvalue weighted by molar-refractivity contribution is 6.31. The molecular weight excluding hydrogens is 451 g/mol. The van der Waals surface area contributed by atoms with Gasteiger partial charge in [0.15, 0.2) is 11.9 Å². The SMILES string of the molecule is CC(=O)c1ccc2c(c1)[C@H](NC(=O)c1ccc(F)c(Cl)c1)[C@H](OC(=O)C(C)(C)N)C(C)(C)O2. The van der Waals surface area contributed by atoms with Gasteiger partial charge in [-0.2, -0.15) is 0 Å². The molecule has 0 spiro atoms. The predicted molar refractivity (Wildman–Crippen MR) is 121 cm³/mol. The molecule has 2 aromatic carbocycles. The van der Waals surface area contributed by atoms with Gasteiger partial charge in [-0.3, -0.25) is 14.4 Å². The Balaban J connectivity index is 2.09. The van der Waals surface area contributed by atoms with Crippen molar-refractivity contribution in [2.24, 2.45) is 5.73 Å². The number of hydrogen-bond acceptors (Lipinski definition) is 6. The van der Waals surface area contributed by atoms with Crippen molar-refractivity contribution < 1.29 is 28.2 Å². The van der Waals surface area contributed by atoms with Gasteiger partial charge in [-0.05, 0) is 71.0 Å². The normalized spacial score (nSPS) is 19.2. The number of ketones is 1. The first-order valence-corrected chi connectivity index (χ1v) is 10.7. The number of carbonyl (C=O) groups is 3. The van der Waals surface area contributed by atoms with E-state index < -0.39 is 41.0 Å². The van der Waals surface area contributed by atoms with Crippen molar-refractivity contribution in [1.82, 2.24) is 5.32 Å². The van der Waals surface area contributed by atoms with Crippen molar-refractivity contribution in [2.45, 2.75) is 57.9 Å². The molecule has 7 nitrogen and oxygen atoms in total. The van der Waals surface area contributed by atoms with E-state index in [1.807, 2.05) is 0 Å². The Hall–Kier alpha value is -2.97. The molecule has 0 radical (unpaired) electrons. The molecule has 0 aliphatic carbocycles. The van der Waals surface area contributed by atoms with E-state index in [2.05, 4.69) is 5.32 Å². The lowest BCUT2D eigenvalue weighted by molar-refractivity contribution is -0.170. The highest BCUT2D eigenvalue weighted by Crippen LogP contribution is 2.42. The van der Waals surface area contributed by atoms with Crippen LogP contribution < -0.4 is 15.8 Å². The number of amides is 1. The fraction of sp³-hybridized carbons (Fsp3) is 0.375. The van der Waals surface area contributed by atoms with Crippen LogP contribution in [-0.4, -0.2) is 34.9 Å². The third kappa shape index (κ3) is 5.17. The van der Waals surface area contributed by atoms with Crippen LogP contribution in [0.3, 0.4) is 0 Å². The molecule has 176 valence electrons. The highest BCUT2D eigenvalue weighted by Gasteiger charge is 2.48. The summed E-state index contributed by atoms with van der Waals surface area (Å²) >= 11 is 5.83. The molecular formula is C24H26ClFN2O5. The molecule has 9 heteroatoms. The average molecular weight is 477 g/mol. The van der Waals surface area contributed by atoms with Crippen LogP contribution >= 0.6 is 11.6 Å². The third-order valence-corrected chi connectivity index (χ3v) is 5.63. The monoisotopic (exact) mass is 476 g/mol. The zero-order valence-electron chi connectivity index (χ0n) is 19.0. The standard InChI is InChI=1S/C24H26ClFN2O5/c1-12(29)13-7-9-18-15(10-13)19(28-21(30)14-6-8-17(26)16(25)11-14)20(24(4,5)33-18)32-22(31)23(2,3)27/h6-11,19-20H,27H2,1-5H3,(H,28,30)/t19-,20-/m0/s1. The summed E-state index contributed by atoms with van der Waals surface area (Å²) in [6.07, 6.45) is -0.998. The summed E-state index contributed by atoms with van der Waals surface area (Å²) in [5, 5.41) is 2.63. The molecule has 0 bridgehead atoms. The molecule has 0 aromatic heterocycles. The number of benzene rings is 2. The van der Waals surface area contributed by atoms with E-state index >= 15 is 0 Å². The van der Waals surface area contributed by atoms with Gasteiger partial charge in [-0.15, -0.1) is 0 Å². The molecule has 2 atom stereocenters. The Kier molecular flexibility index (Phi) is 6.55. The summed E-state index contributed by atoms with van der Waals surface area (Å²) in [7, 11) is 0.